The Kier molecular flexibility index (Phi) is 6.10. The van der Waals surface area contributed by atoms with Crippen LogP contribution in [0.4, 0.5) is 0 Å². The van der Waals surface area contributed by atoms with Gasteiger partial charge in [0.15, 0.2) is 6.10 Å². The minimum Gasteiger partial charge on any atom is -0.496 e. The van der Waals surface area contributed by atoms with Crippen LogP contribution in [0.15, 0.2) is 36.4 Å². The fourth-order valence-corrected chi connectivity index (χ4v) is 3.73. The van der Waals surface area contributed by atoms with Gasteiger partial charge in [-0.3, -0.25) is 4.98 Å². The smallest absolute Gasteiger partial charge is 0.337 e. The number of aliphatic carboxylic acids is 1. The molecule has 1 N–H and O–H groups in total. The Morgan fingerprint density at radius 1 is 1.14 bits per heavy atom. The van der Waals surface area contributed by atoms with Gasteiger partial charge in [0.1, 0.15) is 5.75 Å². The summed E-state index contributed by atoms with van der Waals surface area (Å²) >= 11 is 6.28. The van der Waals surface area contributed by atoms with Gasteiger partial charge in [0.2, 0.25) is 0 Å². The van der Waals surface area contributed by atoms with Crippen molar-refractivity contribution in [3.05, 3.63) is 58.2 Å². The third kappa shape index (κ3) is 4.21. The fraction of sp³-hybridized carbons (Fsp3) is 0.304. The zero-order valence-corrected chi connectivity index (χ0v) is 17.9. The molecule has 0 saturated carbocycles. The zero-order valence-electron chi connectivity index (χ0n) is 17.1. The molecule has 1 aromatic heterocycles. The first kappa shape index (κ1) is 21.1. The van der Waals surface area contributed by atoms with E-state index in [1.165, 1.54) is 0 Å². The number of nitrogens with zero attached hydrogens (tertiary/aromatic N) is 1. The average molecular weight is 414 g/mol. The molecule has 1 unspecified atom stereocenters. The SMILES string of the molecule is COc1ccc(-c2c(C(OC(C)C)C(=O)O)c(C)nc3ccc(Cl)cc23)cc1C. The van der Waals surface area contributed by atoms with Gasteiger partial charge in [-0.2, -0.15) is 0 Å². The van der Waals surface area contributed by atoms with Crippen LogP contribution in [0.5, 0.6) is 5.75 Å². The van der Waals surface area contributed by atoms with Crippen molar-refractivity contribution < 1.29 is 19.4 Å². The van der Waals surface area contributed by atoms with Gasteiger partial charge in [0, 0.05) is 21.7 Å². The molecule has 29 heavy (non-hydrogen) atoms. The summed E-state index contributed by atoms with van der Waals surface area (Å²) in [5.74, 6) is -0.298. The van der Waals surface area contributed by atoms with Crippen molar-refractivity contribution >= 4 is 28.5 Å². The highest BCUT2D eigenvalue weighted by molar-refractivity contribution is 6.31. The van der Waals surface area contributed by atoms with Gasteiger partial charge in [-0.25, -0.2) is 4.79 Å². The maximum atomic E-state index is 12.1. The van der Waals surface area contributed by atoms with Crippen LogP contribution >= 0.6 is 11.6 Å². The molecule has 3 aromatic rings. The summed E-state index contributed by atoms with van der Waals surface area (Å²) in [5, 5.41) is 11.3. The largest absolute Gasteiger partial charge is 0.496 e. The van der Waals surface area contributed by atoms with Crippen molar-refractivity contribution in [2.45, 2.75) is 39.9 Å². The predicted molar refractivity (Wildman–Crippen MR) is 115 cm³/mol. The maximum absolute atomic E-state index is 12.1. The van der Waals surface area contributed by atoms with Crippen LogP contribution in [0.2, 0.25) is 5.02 Å². The molecule has 3 rings (SSSR count). The molecule has 1 heterocycles. The highest BCUT2D eigenvalue weighted by atomic mass is 35.5. The predicted octanol–water partition coefficient (Wildman–Crippen LogP) is 5.73. The molecule has 0 saturated heterocycles. The first-order valence-corrected chi connectivity index (χ1v) is 9.73. The van der Waals surface area contributed by atoms with Crippen molar-refractivity contribution in [3.63, 3.8) is 0 Å². The molecule has 0 aliphatic rings. The molecular weight excluding hydrogens is 390 g/mol. The normalized spacial score (nSPS) is 12.4. The van der Waals surface area contributed by atoms with Gasteiger partial charge in [0.25, 0.3) is 0 Å². The van der Waals surface area contributed by atoms with Crippen LogP contribution in [-0.2, 0) is 9.53 Å². The number of pyridine rings is 1. The zero-order chi connectivity index (χ0) is 21.3. The van der Waals surface area contributed by atoms with Gasteiger partial charge in [-0.15, -0.1) is 0 Å². The minimum absolute atomic E-state index is 0.268. The number of halogens is 1. The summed E-state index contributed by atoms with van der Waals surface area (Å²) in [6.07, 6.45) is -1.42. The molecule has 5 nitrogen and oxygen atoms in total. The molecule has 1 atom stereocenters. The van der Waals surface area contributed by atoms with Crippen LogP contribution in [-0.4, -0.2) is 29.3 Å². The van der Waals surface area contributed by atoms with Crippen molar-refractivity contribution in [2.75, 3.05) is 7.11 Å². The van der Waals surface area contributed by atoms with E-state index in [1.54, 1.807) is 13.2 Å². The lowest BCUT2D eigenvalue weighted by Crippen LogP contribution is -2.21. The minimum atomic E-state index is -1.15. The molecule has 0 bridgehead atoms. The van der Waals surface area contributed by atoms with Crippen molar-refractivity contribution in [2.24, 2.45) is 0 Å². The molecule has 2 aromatic carbocycles. The number of hydrogen-bond acceptors (Lipinski definition) is 4. The third-order valence-corrected chi connectivity index (χ3v) is 4.99. The second-order valence-corrected chi connectivity index (χ2v) is 7.67. The lowest BCUT2D eigenvalue weighted by molar-refractivity contribution is -0.153. The number of methoxy groups -OCH3 is 1. The summed E-state index contributed by atoms with van der Waals surface area (Å²) in [6.45, 7) is 7.38. The lowest BCUT2D eigenvalue weighted by Gasteiger charge is -2.23. The standard InChI is InChI=1S/C23H24ClNO4/c1-12(2)29-22(23(26)27)20-14(4)25-18-8-7-16(24)11-17(18)21(20)15-6-9-19(28-5)13(3)10-15/h6-12,22H,1-5H3,(H,26,27). The summed E-state index contributed by atoms with van der Waals surface area (Å²) < 4.78 is 11.2. The third-order valence-electron chi connectivity index (χ3n) is 4.75. The van der Waals surface area contributed by atoms with Gasteiger partial charge < -0.3 is 14.6 Å². The van der Waals surface area contributed by atoms with Crippen molar-refractivity contribution in [1.29, 1.82) is 0 Å². The van der Waals surface area contributed by atoms with Crippen molar-refractivity contribution in [1.82, 2.24) is 4.98 Å². The van der Waals surface area contributed by atoms with E-state index >= 15 is 0 Å². The summed E-state index contributed by atoms with van der Waals surface area (Å²) in [4.78, 5) is 16.8. The lowest BCUT2D eigenvalue weighted by atomic mass is 9.90. The van der Waals surface area contributed by atoms with Crippen LogP contribution in [0.25, 0.3) is 22.0 Å². The van der Waals surface area contributed by atoms with E-state index in [4.69, 9.17) is 21.1 Å². The number of benzene rings is 2. The van der Waals surface area contributed by atoms with Crippen LogP contribution in [0.3, 0.4) is 0 Å². The molecule has 0 amide bonds. The van der Waals surface area contributed by atoms with Gasteiger partial charge in [-0.05, 0) is 74.7 Å². The summed E-state index contributed by atoms with van der Waals surface area (Å²) in [7, 11) is 1.62. The first-order chi connectivity index (χ1) is 13.7. The number of ether oxygens (including phenoxy) is 2. The van der Waals surface area contributed by atoms with Crippen LogP contribution in [0.1, 0.15) is 36.8 Å². The molecular formula is C23H24ClNO4. The maximum Gasteiger partial charge on any atom is 0.337 e. The number of hydrogen-bond donors (Lipinski definition) is 1. The van der Waals surface area contributed by atoms with E-state index in [-0.39, 0.29) is 6.10 Å². The Labute approximate surface area is 175 Å². The highest BCUT2D eigenvalue weighted by Crippen LogP contribution is 2.40. The average Bonchev–Trinajstić information content (AvgIpc) is 2.65. The number of carboxylic acid groups (broad SMARTS) is 1. The number of rotatable bonds is 6. The Bertz CT molecular complexity index is 1080. The van der Waals surface area contributed by atoms with Crippen LogP contribution in [0, 0.1) is 13.8 Å². The number of carbonyl (C=O) groups is 1. The highest BCUT2D eigenvalue weighted by Gasteiger charge is 2.29. The number of aryl methyl sites for hydroxylation is 2. The van der Waals surface area contributed by atoms with Crippen LogP contribution < -0.4 is 4.74 Å². The second-order valence-electron chi connectivity index (χ2n) is 7.23. The Hall–Kier alpha value is -2.63. The van der Waals surface area contributed by atoms with Gasteiger partial charge >= 0.3 is 5.97 Å². The fourth-order valence-electron chi connectivity index (χ4n) is 3.56. The first-order valence-electron chi connectivity index (χ1n) is 9.36. The Balaban J connectivity index is 2.41. The molecule has 0 aliphatic carbocycles. The van der Waals surface area contributed by atoms with Gasteiger partial charge in [-0.1, -0.05) is 17.7 Å². The number of carboxylic acids is 1. The topological polar surface area (TPSA) is 68.7 Å². The molecule has 0 fully saturated rings. The van der Waals surface area contributed by atoms with E-state index in [9.17, 15) is 9.90 Å². The number of aromatic nitrogens is 1. The van der Waals surface area contributed by atoms with E-state index in [0.717, 1.165) is 33.3 Å². The van der Waals surface area contributed by atoms with E-state index < -0.39 is 12.1 Å². The van der Waals surface area contributed by atoms with E-state index in [1.807, 2.05) is 58.0 Å². The van der Waals surface area contributed by atoms with Crippen molar-refractivity contribution in [3.8, 4) is 16.9 Å². The van der Waals surface area contributed by atoms with E-state index in [0.29, 0.717) is 16.3 Å². The molecule has 6 heteroatoms. The molecule has 152 valence electrons. The summed E-state index contributed by atoms with van der Waals surface area (Å²) in [5.41, 5.74) is 4.44. The monoisotopic (exact) mass is 413 g/mol. The summed E-state index contributed by atoms with van der Waals surface area (Å²) in [6, 6.07) is 11.2. The second kappa shape index (κ2) is 8.39. The Morgan fingerprint density at radius 3 is 2.45 bits per heavy atom. The molecule has 0 radical (unpaired) electrons. The number of fused-ring (bicyclic) bond motifs is 1. The Morgan fingerprint density at radius 2 is 1.86 bits per heavy atom. The molecule has 0 spiro atoms. The molecule has 0 aliphatic heterocycles. The van der Waals surface area contributed by atoms with Gasteiger partial charge in [0.05, 0.1) is 18.7 Å². The van der Waals surface area contributed by atoms with E-state index in [2.05, 4.69) is 4.98 Å². The quantitative estimate of drug-likeness (QED) is 0.558.